The number of benzene rings is 1. The lowest BCUT2D eigenvalue weighted by Crippen LogP contribution is -2.16. The van der Waals surface area contributed by atoms with Gasteiger partial charge in [-0.1, -0.05) is 24.3 Å². The fraction of sp³-hybridized carbons (Fsp3) is 0.273. The van der Waals surface area contributed by atoms with Crippen molar-refractivity contribution in [1.82, 2.24) is 19.8 Å². The lowest BCUT2D eigenvalue weighted by molar-refractivity contribution is 0.271. The van der Waals surface area contributed by atoms with Crippen LogP contribution in [0.3, 0.4) is 0 Å². The van der Waals surface area contributed by atoms with E-state index in [0.29, 0.717) is 0 Å². The van der Waals surface area contributed by atoms with Crippen LogP contribution in [0.2, 0.25) is 0 Å². The minimum atomic E-state index is 0.973. The van der Waals surface area contributed by atoms with Gasteiger partial charge in [0.1, 0.15) is 0 Å². The summed E-state index contributed by atoms with van der Waals surface area (Å²) in [7, 11) is 0. The van der Waals surface area contributed by atoms with Crippen molar-refractivity contribution in [3.63, 3.8) is 0 Å². The molecule has 3 aromatic rings. The van der Waals surface area contributed by atoms with Crippen LogP contribution in [0.15, 0.2) is 61.2 Å². The van der Waals surface area contributed by atoms with Crippen LogP contribution in [0.1, 0.15) is 33.4 Å². The van der Waals surface area contributed by atoms with E-state index >= 15 is 0 Å². The quantitative estimate of drug-likeness (QED) is 0.726. The molecule has 4 heterocycles. The maximum atomic E-state index is 4.23. The van der Waals surface area contributed by atoms with E-state index in [4.69, 9.17) is 0 Å². The lowest BCUT2D eigenvalue weighted by atomic mass is 10.0. The Kier molecular flexibility index (Phi) is 4.00. The van der Waals surface area contributed by atoms with Gasteiger partial charge in [-0.15, -0.1) is 0 Å². The van der Waals surface area contributed by atoms with Crippen LogP contribution in [0.4, 0.5) is 0 Å². The highest BCUT2D eigenvalue weighted by Crippen LogP contribution is 2.32. The molecule has 2 aliphatic heterocycles. The van der Waals surface area contributed by atoms with E-state index < -0.39 is 0 Å². The van der Waals surface area contributed by atoms with Crippen LogP contribution >= 0.6 is 0 Å². The first-order valence-electron chi connectivity index (χ1n) is 9.19. The molecule has 1 aromatic carbocycles. The fourth-order valence-electron chi connectivity index (χ4n) is 4.18. The maximum absolute atomic E-state index is 4.23. The molecule has 0 spiro atoms. The number of hydrogen-bond acceptors (Lipinski definition) is 4. The van der Waals surface area contributed by atoms with Crippen molar-refractivity contribution >= 4 is 0 Å². The van der Waals surface area contributed by atoms with E-state index in [1.54, 1.807) is 0 Å². The van der Waals surface area contributed by atoms with Crippen molar-refractivity contribution in [2.75, 3.05) is 0 Å². The van der Waals surface area contributed by atoms with Gasteiger partial charge in [0.05, 0.1) is 0 Å². The molecule has 0 fully saturated rings. The van der Waals surface area contributed by atoms with Gasteiger partial charge in [0.25, 0.3) is 0 Å². The van der Waals surface area contributed by atoms with Crippen LogP contribution < -0.4 is 0 Å². The Morgan fingerprint density at radius 3 is 1.42 bits per heavy atom. The molecular weight excluding hydrogens is 320 g/mol. The second-order valence-corrected chi connectivity index (χ2v) is 7.40. The van der Waals surface area contributed by atoms with E-state index in [9.17, 15) is 0 Å². The Balaban J connectivity index is 1.27. The highest BCUT2D eigenvalue weighted by atomic mass is 15.1. The van der Waals surface area contributed by atoms with Gasteiger partial charge in [-0.25, -0.2) is 0 Å². The molecule has 0 radical (unpaired) electrons. The zero-order chi connectivity index (χ0) is 17.3. The molecule has 4 nitrogen and oxygen atoms in total. The van der Waals surface area contributed by atoms with Crippen LogP contribution in [0.5, 0.6) is 0 Å². The summed E-state index contributed by atoms with van der Waals surface area (Å²) in [4.78, 5) is 13.5. The van der Waals surface area contributed by atoms with Crippen molar-refractivity contribution in [1.29, 1.82) is 0 Å². The average Bonchev–Trinajstić information content (AvgIpc) is 3.22. The van der Waals surface area contributed by atoms with Gasteiger partial charge < -0.3 is 0 Å². The Bertz CT molecular complexity index is 800. The second-order valence-electron chi connectivity index (χ2n) is 7.40. The minimum absolute atomic E-state index is 0.973. The summed E-state index contributed by atoms with van der Waals surface area (Å²) in [5, 5.41) is 0. The van der Waals surface area contributed by atoms with Gasteiger partial charge in [-0.3, -0.25) is 19.8 Å². The van der Waals surface area contributed by atoms with E-state index in [1.165, 1.54) is 33.4 Å². The van der Waals surface area contributed by atoms with Gasteiger partial charge in [0.2, 0.25) is 0 Å². The fourth-order valence-corrected chi connectivity index (χ4v) is 4.18. The Morgan fingerprint density at radius 1 is 0.654 bits per heavy atom. The van der Waals surface area contributed by atoms with Gasteiger partial charge in [0.15, 0.2) is 0 Å². The molecule has 0 unspecified atom stereocenters. The minimum Gasteiger partial charge on any atom is -0.291 e. The molecular formula is C22H22N4. The average molecular weight is 342 g/mol. The molecule has 0 saturated heterocycles. The summed E-state index contributed by atoms with van der Waals surface area (Å²) in [5.74, 6) is 0. The predicted molar refractivity (Wildman–Crippen MR) is 101 cm³/mol. The van der Waals surface area contributed by atoms with Gasteiger partial charge in [-0.2, -0.15) is 0 Å². The molecule has 5 rings (SSSR count). The molecule has 130 valence electrons. The molecule has 4 heteroatoms. The number of nitrogens with zero attached hydrogens (tertiary/aromatic N) is 4. The Hall–Kier alpha value is -2.56. The molecule has 26 heavy (non-hydrogen) atoms. The van der Waals surface area contributed by atoms with E-state index in [0.717, 1.165) is 39.3 Å². The topological polar surface area (TPSA) is 32.3 Å². The highest BCUT2D eigenvalue weighted by molar-refractivity contribution is 5.42. The van der Waals surface area contributed by atoms with Crippen molar-refractivity contribution < 1.29 is 0 Å². The summed E-state index contributed by atoms with van der Waals surface area (Å²) in [5.41, 5.74) is 8.56. The molecule has 0 amide bonds. The number of pyridine rings is 2. The zero-order valence-corrected chi connectivity index (χ0v) is 14.8. The monoisotopic (exact) mass is 342 g/mol. The van der Waals surface area contributed by atoms with Gasteiger partial charge >= 0.3 is 0 Å². The van der Waals surface area contributed by atoms with Gasteiger partial charge in [-0.05, 0) is 45.5 Å². The lowest BCUT2D eigenvalue weighted by Gasteiger charge is -2.15. The summed E-state index contributed by atoms with van der Waals surface area (Å²) in [6.45, 7) is 6.11. The molecule has 0 N–H and O–H groups in total. The van der Waals surface area contributed by atoms with Crippen molar-refractivity contribution in [3.8, 4) is 0 Å². The van der Waals surface area contributed by atoms with Crippen molar-refractivity contribution in [2.24, 2.45) is 0 Å². The van der Waals surface area contributed by atoms with Crippen LogP contribution in [0, 0.1) is 0 Å². The largest absolute Gasteiger partial charge is 0.291 e. The summed E-state index contributed by atoms with van der Waals surface area (Å²) in [6.07, 6.45) is 7.62. The number of fused-ring (bicyclic) bond motifs is 2. The van der Waals surface area contributed by atoms with E-state index in [1.807, 2.05) is 36.9 Å². The third-order valence-corrected chi connectivity index (χ3v) is 5.36. The van der Waals surface area contributed by atoms with Crippen molar-refractivity contribution in [2.45, 2.75) is 39.3 Å². The first-order valence-corrected chi connectivity index (χ1v) is 9.19. The van der Waals surface area contributed by atoms with E-state index in [2.05, 4.69) is 44.0 Å². The summed E-state index contributed by atoms with van der Waals surface area (Å²) < 4.78 is 0. The van der Waals surface area contributed by atoms with Crippen LogP contribution in [-0.4, -0.2) is 19.8 Å². The Labute approximate surface area is 154 Å². The smallest absolute Gasteiger partial charge is 0.0312 e. The third-order valence-electron chi connectivity index (χ3n) is 5.36. The number of aromatic nitrogens is 2. The highest BCUT2D eigenvalue weighted by Gasteiger charge is 2.25. The normalized spacial score (nSPS) is 16.6. The molecule has 0 saturated carbocycles. The van der Waals surface area contributed by atoms with Crippen LogP contribution in [0.25, 0.3) is 0 Å². The molecule has 0 aliphatic carbocycles. The maximum Gasteiger partial charge on any atom is 0.0312 e. The second kappa shape index (κ2) is 6.63. The number of rotatable bonds is 4. The SMILES string of the molecule is c1cncc(CN2Cc3cc4c(cc3C2)CN(Cc2cccnc2)C4)c1. The first kappa shape index (κ1) is 15.7. The third kappa shape index (κ3) is 3.14. The Morgan fingerprint density at radius 2 is 1.08 bits per heavy atom. The van der Waals surface area contributed by atoms with Crippen molar-refractivity contribution in [3.05, 3.63) is 94.6 Å². The molecule has 0 bridgehead atoms. The van der Waals surface area contributed by atoms with E-state index in [-0.39, 0.29) is 0 Å². The predicted octanol–water partition coefficient (Wildman–Crippen LogP) is 3.51. The zero-order valence-electron chi connectivity index (χ0n) is 14.8. The summed E-state index contributed by atoms with van der Waals surface area (Å²) >= 11 is 0. The van der Waals surface area contributed by atoms with Crippen LogP contribution in [-0.2, 0) is 39.3 Å². The van der Waals surface area contributed by atoms with Gasteiger partial charge in [0, 0.05) is 64.1 Å². The standard InChI is InChI=1S/C22H22N4/c1-3-17(9-23-5-1)11-25-13-19-7-21-15-26(12-18-4-2-6-24-10-18)16-22(21)8-20(19)14-25/h1-10H,11-16H2. The first-order chi connectivity index (χ1) is 12.8. The molecule has 2 aromatic heterocycles. The number of hydrogen-bond donors (Lipinski definition) is 0. The summed E-state index contributed by atoms with van der Waals surface area (Å²) in [6, 6.07) is 13.2. The molecule has 0 atom stereocenters. The molecule has 2 aliphatic rings.